The zero-order valence-corrected chi connectivity index (χ0v) is 18.4. The second kappa shape index (κ2) is 9.26. The maximum Gasteiger partial charge on any atom is 0.419 e. The molecule has 5 nitrogen and oxygen atoms in total. The van der Waals surface area contributed by atoms with E-state index in [1.807, 2.05) is 12.1 Å². The van der Waals surface area contributed by atoms with E-state index in [2.05, 4.69) is 10.2 Å². The van der Waals surface area contributed by atoms with Gasteiger partial charge in [-0.1, -0.05) is 24.3 Å². The van der Waals surface area contributed by atoms with Crippen molar-refractivity contribution in [2.75, 3.05) is 18.5 Å². The molecule has 2 aliphatic rings. The molecule has 3 atom stereocenters. The number of benzene rings is 2. The maximum atomic E-state index is 13.6. The van der Waals surface area contributed by atoms with E-state index in [0.29, 0.717) is 37.2 Å². The summed E-state index contributed by atoms with van der Waals surface area (Å²) in [7, 11) is 0. The molecule has 0 aliphatic heterocycles. The first-order valence-corrected chi connectivity index (χ1v) is 11.2. The lowest BCUT2D eigenvalue weighted by molar-refractivity contribution is -0.139. The third-order valence-electron chi connectivity index (χ3n) is 7.05. The number of carbonyl (C=O) groups is 1. The minimum absolute atomic E-state index is 0.0200. The predicted molar refractivity (Wildman–Crippen MR) is 119 cm³/mol. The number of anilines is 1. The number of aliphatic hydroxyl groups excluding tert-OH is 1. The number of halogens is 4. The van der Waals surface area contributed by atoms with Gasteiger partial charge in [-0.05, 0) is 61.8 Å². The summed E-state index contributed by atoms with van der Waals surface area (Å²) < 4.78 is 52.9. The summed E-state index contributed by atoms with van der Waals surface area (Å²) in [4.78, 5) is 18.2. The van der Waals surface area contributed by atoms with Gasteiger partial charge in [0.05, 0.1) is 12.1 Å². The van der Waals surface area contributed by atoms with Crippen molar-refractivity contribution in [1.29, 1.82) is 0 Å². The Labute approximate surface area is 195 Å². The molecular weight excluding hydrogens is 450 g/mol. The van der Waals surface area contributed by atoms with Crippen molar-refractivity contribution in [3.8, 4) is 0 Å². The first kappa shape index (κ1) is 24.0. The molecule has 2 aromatic rings. The lowest BCUT2D eigenvalue weighted by Gasteiger charge is -2.30. The molecule has 2 N–H and O–H groups in total. The van der Waals surface area contributed by atoms with Crippen LogP contribution in [0, 0.1) is 18.3 Å². The monoisotopic (exact) mass is 475 g/mol. The molecule has 2 saturated carbocycles. The van der Waals surface area contributed by atoms with Crippen molar-refractivity contribution in [3.63, 3.8) is 0 Å². The van der Waals surface area contributed by atoms with Crippen LogP contribution < -0.4 is 5.32 Å². The van der Waals surface area contributed by atoms with Gasteiger partial charge in [-0.2, -0.15) is 13.2 Å². The standard InChI is InChI=1S/C25H25F4N3O2/c1-30-17-6-4-16(5-7-17)24-11-10-22(20(24)15-24)32(12-2-3-13-33)23(34)31-18-8-9-21(26)19(14-18)25(27,28)29/h4-9,14,20,22,33H,2-3,10-13,15H2,(H,31,34). The van der Waals surface area contributed by atoms with Crippen molar-refractivity contribution in [2.24, 2.45) is 5.92 Å². The van der Waals surface area contributed by atoms with E-state index in [0.717, 1.165) is 30.9 Å². The van der Waals surface area contributed by atoms with Gasteiger partial charge < -0.3 is 15.3 Å². The van der Waals surface area contributed by atoms with Crippen LogP contribution in [0.2, 0.25) is 0 Å². The predicted octanol–water partition coefficient (Wildman–Crippen LogP) is 6.12. The van der Waals surface area contributed by atoms with Crippen LogP contribution >= 0.6 is 0 Å². The van der Waals surface area contributed by atoms with E-state index in [1.165, 1.54) is 0 Å². The number of hydrogen-bond acceptors (Lipinski definition) is 2. The number of nitrogens with zero attached hydrogens (tertiary/aromatic N) is 2. The Morgan fingerprint density at radius 2 is 1.94 bits per heavy atom. The Bertz CT molecular complexity index is 1100. The summed E-state index contributed by atoms with van der Waals surface area (Å²) >= 11 is 0. The van der Waals surface area contributed by atoms with Gasteiger partial charge in [-0.15, -0.1) is 0 Å². The molecule has 0 aromatic heterocycles. The number of rotatable bonds is 7. The summed E-state index contributed by atoms with van der Waals surface area (Å²) in [6.07, 6.45) is -1.30. The minimum atomic E-state index is -4.87. The highest BCUT2D eigenvalue weighted by atomic mass is 19.4. The van der Waals surface area contributed by atoms with Gasteiger partial charge in [0.15, 0.2) is 5.69 Å². The number of carbonyl (C=O) groups excluding carboxylic acids is 1. The molecule has 0 radical (unpaired) electrons. The van der Waals surface area contributed by atoms with Gasteiger partial charge in [-0.25, -0.2) is 14.0 Å². The number of amides is 2. The highest BCUT2D eigenvalue weighted by molar-refractivity contribution is 5.89. The Morgan fingerprint density at radius 3 is 2.56 bits per heavy atom. The molecule has 2 aromatic carbocycles. The van der Waals surface area contributed by atoms with Crippen molar-refractivity contribution in [3.05, 3.63) is 70.8 Å². The number of urea groups is 1. The van der Waals surface area contributed by atoms with Crippen LogP contribution in [-0.4, -0.2) is 35.2 Å². The van der Waals surface area contributed by atoms with Crippen molar-refractivity contribution >= 4 is 17.4 Å². The number of alkyl halides is 3. The zero-order valence-electron chi connectivity index (χ0n) is 18.4. The van der Waals surface area contributed by atoms with Gasteiger partial charge in [0.1, 0.15) is 5.82 Å². The van der Waals surface area contributed by atoms with Gasteiger partial charge >= 0.3 is 12.2 Å². The second-order valence-electron chi connectivity index (χ2n) is 8.98. The summed E-state index contributed by atoms with van der Waals surface area (Å²) in [5.74, 6) is -1.18. The molecule has 4 rings (SSSR count). The SMILES string of the molecule is [C-]#[N+]c1ccc(C23CCC(N(CCCCO)C(=O)Nc4ccc(F)c(C(F)(F)F)c4)C2C3)cc1. The number of nitrogens with one attached hydrogen (secondary N) is 1. The van der Waals surface area contributed by atoms with Gasteiger partial charge in [0.2, 0.25) is 0 Å². The lowest BCUT2D eigenvalue weighted by Crippen LogP contribution is -2.44. The topological polar surface area (TPSA) is 56.9 Å². The maximum absolute atomic E-state index is 13.6. The van der Waals surface area contributed by atoms with Crippen molar-refractivity contribution < 1.29 is 27.5 Å². The summed E-state index contributed by atoms with van der Waals surface area (Å²) in [5, 5.41) is 11.7. The van der Waals surface area contributed by atoms with E-state index < -0.39 is 23.6 Å². The normalized spacial score (nSPS) is 23.2. The fraction of sp³-hybridized carbons (Fsp3) is 0.440. The third-order valence-corrected chi connectivity index (χ3v) is 7.05. The lowest BCUT2D eigenvalue weighted by atomic mass is 9.93. The summed E-state index contributed by atoms with van der Waals surface area (Å²) in [6.45, 7) is 7.46. The average molecular weight is 475 g/mol. The number of unbranched alkanes of at least 4 members (excludes halogenated alkanes) is 1. The molecule has 3 unspecified atom stereocenters. The van der Waals surface area contributed by atoms with E-state index in [1.54, 1.807) is 17.0 Å². The molecule has 2 amide bonds. The van der Waals surface area contributed by atoms with Gasteiger partial charge in [0.25, 0.3) is 0 Å². The van der Waals surface area contributed by atoms with Crippen LogP contribution in [0.3, 0.4) is 0 Å². The highest BCUT2D eigenvalue weighted by Crippen LogP contribution is 2.65. The van der Waals surface area contributed by atoms with Gasteiger partial charge in [0, 0.05) is 30.3 Å². The van der Waals surface area contributed by atoms with E-state index in [4.69, 9.17) is 11.7 Å². The number of hydrogen-bond donors (Lipinski definition) is 2. The smallest absolute Gasteiger partial charge is 0.396 e. The summed E-state index contributed by atoms with van der Waals surface area (Å²) in [5.41, 5.74) is 0.0914. The van der Waals surface area contributed by atoms with E-state index >= 15 is 0 Å². The number of fused-ring (bicyclic) bond motifs is 1. The van der Waals surface area contributed by atoms with E-state index in [-0.39, 0.29) is 29.7 Å². The fourth-order valence-electron chi connectivity index (χ4n) is 5.28. The van der Waals surface area contributed by atoms with E-state index in [9.17, 15) is 22.4 Å². The van der Waals surface area contributed by atoms with Crippen LogP contribution in [0.5, 0.6) is 0 Å². The average Bonchev–Trinajstić information content (AvgIpc) is 3.43. The molecule has 0 bridgehead atoms. The first-order chi connectivity index (χ1) is 16.2. The highest BCUT2D eigenvalue weighted by Gasteiger charge is 2.63. The van der Waals surface area contributed by atoms with Crippen LogP contribution in [0.1, 0.15) is 43.2 Å². The summed E-state index contributed by atoms with van der Waals surface area (Å²) in [6, 6.07) is 9.29. The molecule has 0 spiro atoms. The van der Waals surface area contributed by atoms with Crippen LogP contribution in [0.15, 0.2) is 42.5 Å². The van der Waals surface area contributed by atoms with Crippen molar-refractivity contribution in [1.82, 2.24) is 4.90 Å². The Kier molecular flexibility index (Phi) is 6.54. The Balaban J connectivity index is 1.52. The van der Waals surface area contributed by atoms with Crippen LogP contribution in [0.25, 0.3) is 4.85 Å². The molecule has 180 valence electrons. The molecule has 0 saturated heterocycles. The minimum Gasteiger partial charge on any atom is -0.396 e. The second-order valence-corrected chi connectivity index (χ2v) is 8.98. The molecule has 2 fully saturated rings. The molecule has 2 aliphatic carbocycles. The quantitative estimate of drug-likeness (QED) is 0.288. The van der Waals surface area contributed by atoms with Crippen molar-refractivity contribution in [2.45, 2.75) is 49.7 Å². The Hall–Kier alpha value is -3.12. The molecular formula is C25H25F4N3O2. The fourth-order valence-corrected chi connectivity index (χ4v) is 5.28. The number of aliphatic hydroxyl groups is 1. The first-order valence-electron chi connectivity index (χ1n) is 11.2. The molecule has 0 heterocycles. The third kappa shape index (κ3) is 4.60. The molecule has 34 heavy (non-hydrogen) atoms. The largest absolute Gasteiger partial charge is 0.419 e. The van der Waals surface area contributed by atoms with Crippen LogP contribution in [-0.2, 0) is 11.6 Å². The zero-order chi connectivity index (χ0) is 24.5. The van der Waals surface area contributed by atoms with Crippen LogP contribution in [0.4, 0.5) is 33.7 Å². The Morgan fingerprint density at radius 1 is 1.21 bits per heavy atom. The molecule has 9 heteroatoms. The van der Waals surface area contributed by atoms with Gasteiger partial charge in [-0.3, -0.25) is 0 Å².